The van der Waals surface area contributed by atoms with Crippen molar-refractivity contribution >= 4 is 5.95 Å². The Morgan fingerprint density at radius 3 is 2.86 bits per heavy atom. The molecule has 0 saturated carbocycles. The van der Waals surface area contributed by atoms with E-state index in [1.54, 1.807) is 19.4 Å². The number of piperidine rings is 1. The molecular formula is C15H25N5O2. The highest BCUT2D eigenvalue weighted by Crippen LogP contribution is 2.20. The Morgan fingerprint density at radius 2 is 2.18 bits per heavy atom. The molecule has 2 saturated heterocycles. The number of methoxy groups -OCH3 is 1. The van der Waals surface area contributed by atoms with E-state index in [2.05, 4.69) is 25.1 Å². The minimum atomic E-state index is -0.577. The normalized spacial score (nSPS) is 26.9. The van der Waals surface area contributed by atoms with Gasteiger partial charge in [-0.3, -0.25) is 4.90 Å². The summed E-state index contributed by atoms with van der Waals surface area (Å²) >= 11 is 0. The van der Waals surface area contributed by atoms with Gasteiger partial charge >= 0.3 is 0 Å². The van der Waals surface area contributed by atoms with Crippen molar-refractivity contribution in [3.63, 3.8) is 0 Å². The largest absolute Gasteiger partial charge is 0.481 e. The SMILES string of the molecule is COc1ccnc(N2CCN(C[C@@]3(O)CCCNC3)CC2)n1. The van der Waals surface area contributed by atoms with Crippen LogP contribution in [0.5, 0.6) is 5.88 Å². The summed E-state index contributed by atoms with van der Waals surface area (Å²) in [5.74, 6) is 1.31. The van der Waals surface area contributed by atoms with Gasteiger partial charge in [-0.15, -0.1) is 0 Å². The Balaban J connectivity index is 1.53. The lowest BCUT2D eigenvalue weighted by molar-refractivity contribution is -0.0164. The predicted octanol–water partition coefficient (Wildman–Crippen LogP) is -0.278. The number of aromatic nitrogens is 2. The molecule has 2 aliphatic heterocycles. The summed E-state index contributed by atoms with van der Waals surface area (Å²) in [6.45, 7) is 6.04. The second kappa shape index (κ2) is 6.76. The first-order chi connectivity index (χ1) is 10.7. The number of nitrogens with one attached hydrogen (secondary N) is 1. The fraction of sp³-hybridized carbons (Fsp3) is 0.733. The topological polar surface area (TPSA) is 73.8 Å². The Morgan fingerprint density at radius 1 is 1.36 bits per heavy atom. The fourth-order valence-electron chi connectivity index (χ4n) is 3.21. The van der Waals surface area contributed by atoms with Crippen LogP contribution in [0.15, 0.2) is 12.3 Å². The van der Waals surface area contributed by atoms with Gasteiger partial charge < -0.3 is 20.1 Å². The molecule has 3 heterocycles. The van der Waals surface area contributed by atoms with Crippen molar-refractivity contribution in [2.24, 2.45) is 0 Å². The van der Waals surface area contributed by atoms with Gasteiger partial charge in [0.05, 0.1) is 12.7 Å². The molecule has 1 aromatic rings. The summed E-state index contributed by atoms with van der Waals surface area (Å²) in [6.07, 6.45) is 3.66. The van der Waals surface area contributed by atoms with Crippen LogP contribution in [-0.4, -0.2) is 78.5 Å². The molecule has 0 unspecified atom stereocenters. The van der Waals surface area contributed by atoms with Crippen LogP contribution < -0.4 is 15.0 Å². The lowest BCUT2D eigenvalue weighted by Gasteiger charge is -2.41. The van der Waals surface area contributed by atoms with E-state index in [1.807, 2.05) is 0 Å². The summed E-state index contributed by atoms with van der Waals surface area (Å²) in [4.78, 5) is 13.2. The number of ether oxygens (including phenoxy) is 1. The molecule has 1 atom stereocenters. The zero-order chi connectivity index (χ0) is 15.4. The number of aliphatic hydroxyl groups is 1. The molecule has 0 aromatic carbocycles. The first-order valence-electron chi connectivity index (χ1n) is 7.96. The molecule has 1 aromatic heterocycles. The van der Waals surface area contributed by atoms with Gasteiger partial charge in [0, 0.05) is 51.5 Å². The Bertz CT molecular complexity index is 485. The molecule has 2 fully saturated rings. The highest BCUT2D eigenvalue weighted by atomic mass is 16.5. The van der Waals surface area contributed by atoms with Gasteiger partial charge in [-0.1, -0.05) is 0 Å². The van der Waals surface area contributed by atoms with Crippen molar-refractivity contribution in [1.29, 1.82) is 0 Å². The predicted molar refractivity (Wildman–Crippen MR) is 84.3 cm³/mol. The van der Waals surface area contributed by atoms with Crippen molar-refractivity contribution in [3.8, 4) is 5.88 Å². The highest BCUT2D eigenvalue weighted by Gasteiger charge is 2.32. The van der Waals surface area contributed by atoms with Crippen molar-refractivity contribution < 1.29 is 9.84 Å². The van der Waals surface area contributed by atoms with Gasteiger partial charge in [0.2, 0.25) is 11.8 Å². The molecule has 3 rings (SSSR count). The lowest BCUT2D eigenvalue weighted by Crippen LogP contribution is -2.56. The fourth-order valence-corrected chi connectivity index (χ4v) is 3.21. The van der Waals surface area contributed by atoms with Crippen molar-refractivity contribution in [2.45, 2.75) is 18.4 Å². The number of rotatable bonds is 4. The van der Waals surface area contributed by atoms with E-state index >= 15 is 0 Å². The second-order valence-corrected chi connectivity index (χ2v) is 6.17. The quantitative estimate of drug-likeness (QED) is 0.792. The maximum atomic E-state index is 10.6. The summed E-state index contributed by atoms with van der Waals surface area (Å²) < 4.78 is 5.15. The molecule has 7 heteroatoms. The minimum Gasteiger partial charge on any atom is -0.481 e. The maximum Gasteiger partial charge on any atom is 0.228 e. The van der Waals surface area contributed by atoms with Crippen LogP contribution in [0.4, 0.5) is 5.95 Å². The maximum absolute atomic E-state index is 10.6. The smallest absolute Gasteiger partial charge is 0.228 e. The average molecular weight is 307 g/mol. The molecule has 0 radical (unpaired) electrons. The number of hydrogen-bond acceptors (Lipinski definition) is 7. The summed E-state index contributed by atoms with van der Waals surface area (Å²) in [7, 11) is 1.61. The van der Waals surface area contributed by atoms with Crippen LogP contribution in [0, 0.1) is 0 Å². The average Bonchev–Trinajstić information content (AvgIpc) is 2.56. The molecule has 0 bridgehead atoms. The van der Waals surface area contributed by atoms with Crippen molar-refractivity contribution in [1.82, 2.24) is 20.2 Å². The first kappa shape index (κ1) is 15.5. The standard InChI is InChI=1S/C15H25N5O2/c1-22-13-3-6-17-14(18-13)20-9-7-19(8-10-20)12-15(21)4-2-5-16-11-15/h3,6,16,21H,2,4-5,7-12H2,1H3/t15-/m1/s1. The third-order valence-electron chi connectivity index (χ3n) is 4.45. The molecule has 2 N–H and O–H groups in total. The molecule has 122 valence electrons. The van der Waals surface area contributed by atoms with Gasteiger partial charge in [0.1, 0.15) is 0 Å². The Kier molecular flexibility index (Phi) is 4.75. The van der Waals surface area contributed by atoms with Crippen molar-refractivity contribution in [3.05, 3.63) is 12.3 Å². The molecular weight excluding hydrogens is 282 g/mol. The van der Waals surface area contributed by atoms with E-state index in [-0.39, 0.29) is 0 Å². The third-order valence-corrected chi connectivity index (χ3v) is 4.45. The summed E-state index contributed by atoms with van der Waals surface area (Å²) in [5.41, 5.74) is -0.577. The van der Waals surface area contributed by atoms with E-state index in [4.69, 9.17) is 4.74 Å². The van der Waals surface area contributed by atoms with Crippen LogP contribution in [0.3, 0.4) is 0 Å². The van der Waals surface area contributed by atoms with Gasteiger partial charge in [-0.2, -0.15) is 4.98 Å². The lowest BCUT2D eigenvalue weighted by atomic mass is 9.93. The van der Waals surface area contributed by atoms with E-state index < -0.39 is 5.60 Å². The zero-order valence-corrected chi connectivity index (χ0v) is 13.2. The summed E-state index contributed by atoms with van der Waals surface area (Å²) in [6, 6.07) is 1.76. The summed E-state index contributed by atoms with van der Waals surface area (Å²) in [5, 5.41) is 13.9. The molecule has 22 heavy (non-hydrogen) atoms. The number of nitrogens with zero attached hydrogens (tertiary/aromatic N) is 4. The van der Waals surface area contributed by atoms with E-state index in [0.29, 0.717) is 12.4 Å². The van der Waals surface area contributed by atoms with Crippen LogP contribution >= 0.6 is 0 Å². The molecule has 0 amide bonds. The third kappa shape index (κ3) is 3.66. The van der Waals surface area contributed by atoms with Crippen LogP contribution in [0.1, 0.15) is 12.8 Å². The van der Waals surface area contributed by atoms with Crippen molar-refractivity contribution in [2.75, 3.05) is 57.8 Å². The molecule has 0 aliphatic carbocycles. The number of anilines is 1. The number of piperazine rings is 1. The highest BCUT2D eigenvalue weighted by molar-refractivity contribution is 5.32. The van der Waals surface area contributed by atoms with Gasteiger partial charge in [-0.25, -0.2) is 4.98 Å². The van der Waals surface area contributed by atoms with E-state index in [1.165, 1.54) is 0 Å². The van der Waals surface area contributed by atoms with Gasteiger partial charge in [0.15, 0.2) is 0 Å². The monoisotopic (exact) mass is 307 g/mol. The minimum absolute atomic E-state index is 0.577. The van der Waals surface area contributed by atoms with Gasteiger partial charge in [0.25, 0.3) is 0 Å². The zero-order valence-electron chi connectivity index (χ0n) is 13.2. The van der Waals surface area contributed by atoms with Crippen LogP contribution in [-0.2, 0) is 0 Å². The second-order valence-electron chi connectivity index (χ2n) is 6.17. The van der Waals surface area contributed by atoms with Gasteiger partial charge in [-0.05, 0) is 19.4 Å². The van der Waals surface area contributed by atoms with Crippen LogP contribution in [0.2, 0.25) is 0 Å². The van der Waals surface area contributed by atoms with E-state index in [0.717, 1.165) is 58.1 Å². The first-order valence-corrected chi connectivity index (χ1v) is 7.96. The molecule has 2 aliphatic rings. The van der Waals surface area contributed by atoms with Crippen LogP contribution in [0.25, 0.3) is 0 Å². The Labute approximate surface area is 131 Å². The molecule has 7 nitrogen and oxygen atoms in total. The van der Waals surface area contributed by atoms with E-state index in [9.17, 15) is 5.11 Å². The Hall–Kier alpha value is -1.44. The number of β-amino-alcohol motifs (C(OH)–C–C–N with tert-alkyl or cyclic N) is 1. The molecule has 0 spiro atoms. The number of hydrogen-bond donors (Lipinski definition) is 2.